The van der Waals surface area contributed by atoms with Crippen LogP contribution in [0.25, 0.3) is 0 Å². The standard InChI is InChI=1S/C20H26N6O/c21-12-15-6-1-2-7-16(15)13-26-19(24-10-5-8-17(22)14-24)23-18-9-3-4-11-25(18)20(26)27/h1-2,6-7,17-18H,3-5,8-11,13-14,22H2/t17-,18?/m1/s1. The first-order valence-electron chi connectivity index (χ1n) is 9.82. The lowest BCUT2D eigenvalue weighted by molar-refractivity contribution is 0.113. The first-order valence-corrected chi connectivity index (χ1v) is 9.82. The van der Waals surface area contributed by atoms with E-state index in [-0.39, 0.29) is 18.2 Å². The summed E-state index contributed by atoms with van der Waals surface area (Å²) in [7, 11) is 0. The Hall–Kier alpha value is -2.59. The maximum Gasteiger partial charge on any atom is 0.328 e. The second-order valence-corrected chi connectivity index (χ2v) is 7.58. The first-order chi connectivity index (χ1) is 13.2. The fourth-order valence-electron chi connectivity index (χ4n) is 4.23. The van der Waals surface area contributed by atoms with Crippen LogP contribution in [0, 0.1) is 11.3 Å². The second kappa shape index (κ2) is 7.57. The van der Waals surface area contributed by atoms with Gasteiger partial charge in [0.15, 0.2) is 0 Å². The number of carbonyl (C=O) groups is 1. The quantitative estimate of drug-likeness (QED) is 0.868. The summed E-state index contributed by atoms with van der Waals surface area (Å²) in [6.45, 7) is 2.69. The first kappa shape index (κ1) is 17.8. The summed E-state index contributed by atoms with van der Waals surface area (Å²) in [4.78, 5) is 24.1. The minimum Gasteiger partial charge on any atom is -0.341 e. The summed E-state index contributed by atoms with van der Waals surface area (Å²) in [6, 6.07) is 9.79. The number of rotatable bonds is 2. The Balaban J connectivity index is 1.68. The van der Waals surface area contributed by atoms with E-state index in [1.807, 2.05) is 23.1 Å². The number of amides is 2. The number of nitrogens with zero attached hydrogens (tertiary/aromatic N) is 5. The van der Waals surface area contributed by atoms with Gasteiger partial charge in [-0.1, -0.05) is 18.2 Å². The average Bonchev–Trinajstić information content (AvgIpc) is 2.70. The van der Waals surface area contributed by atoms with Gasteiger partial charge in [0.2, 0.25) is 5.96 Å². The van der Waals surface area contributed by atoms with Crippen molar-refractivity contribution in [3.63, 3.8) is 0 Å². The third kappa shape index (κ3) is 3.50. The van der Waals surface area contributed by atoms with Gasteiger partial charge in [0, 0.05) is 25.7 Å². The van der Waals surface area contributed by atoms with Crippen molar-refractivity contribution in [2.24, 2.45) is 10.7 Å². The molecule has 0 spiro atoms. The Morgan fingerprint density at radius 2 is 2.04 bits per heavy atom. The summed E-state index contributed by atoms with van der Waals surface area (Å²) < 4.78 is 0. The summed E-state index contributed by atoms with van der Waals surface area (Å²) in [5, 5.41) is 9.43. The van der Waals surface area contributed by atoms with E-state index in [2.05, 4.69) is 11.0 Å². The van der Waals surface area contributed by atoms with Gasteiger partial charge < -0.3 is 15.5 Å². The predicted octanol–water partition coefficient (Wildman–Crippen LogP) is 2.08. The Labute approximate surface area is 160 Å². The molecule has 2 atom stereocenters. The monoisotopic (exact) mass is 366 g/mol. The molecular formula is C20H26N6O. The van der Waals surface area contributed by atoms with Crippen molar-refractivity contribution >= 4 is 12.0 Å². The molecule has 1 unspecified atom stereocenters. The van der Waals surface area contributed by atoms with Gasteiger partial charge in [-0.25, -0.2) is 9.79 Å². The summed E-state index contributed by atoms with van der Waals surface area (Å²) in [5.41, 5.74) is 7.63. The van der Waals surface area contributed by atoms with E-state index in [1.165, 1.54) is 0 Å². The fourth-order valence-corrected chi connectivity index (χ4v) is 4.23. The number of nitriles is 1. The zero-order chi connectivity index (χ0) is 18.8. The Bertz CT molecular complexity index is 785. The van der Waals surface area contributed by atoms with E-state index in [1.54, 1.807) is 11.0 Å². The van der Waals surface area contributed by atoms with E-state index in [0.717, 1.165) is 63.3 Å². The highest BCUT2D eigenvalue weighted by atomic mass is 16.2. The molecule has 0 radical (unpaired) electrons. The molecule has 1 aromatic carbocycles. The summed E-state index contributed by atoms with van der Waals surface area (Å²) >= 11 is 0. The molecule has 0 bridgehead atoms. The van der Waals surface area contributed by atoms with Crippen molar-refractivity contribution in [3.8, 4) is 6.07 Å². The molecule has 2 N–H and O–H groups in total. The SMILES string of the molecule is N#Cc1ccccc1CN1C(=O)N2CCCCC2N=C1N1CCC[C@@H](N)C1. The lowest BCUT2D eigenvalue weighted by Gasteiger charge is -2.46. The van der Waals surface area contributed by atoms with Crippen LogP contribution in [-0.2, 0) is 6.54 Å². The van der Waals surface area contributed by atoms with Crippen LogP contribution in [0.2, 0.25) is 0 Å². The molecule has 0 saturated carbocycles. The molecule has 142 valence electrons. The van der Waals surface area contributed by atoms with Crippen molar-refractivity contribution in [1.29, 1.82) is 5.26 Å². The molecule has 3 aliphatic heterocycles. The van der Waals surface area contributed by atoms with E-state index in [9.17, 15) is 10.1 Å². The Kier molecular flexibility index (Phi) is 4.99. The van der Waals surface area contributed by atoms with Crippen LogP contribution in [0.15, 0.2) is 29.3 Å². The molecule has 1 aromatic rings. The highest BCUT2D eigenvalue weighted by molar-refractivity contribution is 5.98. The van der Waals surface area contributed by atoms with E-state index in [0.29, 0.717) is 12.1 Å². The van der Waals surface area contributed by atoms with Gasteiger partial charge in [-0.05, 0) is 43.7 Å². The number of aliphatic imine (C=N–C) groups is 1. The molecule has 2 amide bonds. The van der Waals surface area contributed by atoms with Crippen LogP contribution in [0.4, 0.5) is 4.79 Å². The topological polar surface area (TPSA) is 89.0 Å². The van der Waals surface area contributed by atoms with Crippen molar-refractivity contribution < 1.29 is 4.79 Å². The smallest absolute Gasteiger partial charge is 0.328 e. The molecule has 2 saturated heterocycles. The van der Waals surface area contributed by atoms with Crippen LogP contribution >= 0.6 is 0 Å². The summed E-state index contributed by atoms with van der Waals surface area (Å²) in [5.74, 6) is 0.728. The average molecular weight is 366 g/mol. The number of hydrogen-bond donors (Lipinski definition) is 1. The van der Waals surface area contributed by atoms with Crippen molar-refractivity contribution in [2.45, 2.75) is 50.9 Å². The number of guanidine groups is 1. The maximum absolute atomic E-state index is 13.3. The van der Waals surface area contributed by atoms with Gasteiger partial charge in [-0.3, -0.25) is 4.90 Å². The zero-order valence-corrected chi connectivity index (χ0v) is 15.5. The third-order valence-corrected chi connectivity index (χ3v) is 5.66. The van der Waals surface area contributed by atoms with Gasteiger partial charge >= 0.3 is 6.03 Å². The number of urea groups is 1. The van der Waals surface area contributed by atoms with Crippen molar-refractivity contribution in [2.75, 3.05) is 19.6 Å². The molecule has 3 heterocycles. The van der Waals surface area contributed by atoms with E-state index < -0.39 is 0 Å². The molecule has 2 fully saturated rings. The number of benzene rings is 1. The van der Waals surface area contributed by atoms with Crippen LogP contribution in [0.1, 0.15) is 43.2 Å². The van der Waals surface area contributed by atoms with Crippen molar-refractivity contribution in [3.05, 3.63) is 35.4 Å². The van der Waals surface area contributed by atoms with Crippen LogP contribution < -0.4 is 5.73 Å². The maximum atomic E-state index is 13.3. The number of hydrogen-bond acceptors (Lipinski definition) is 5. The number of nitrogens with two attached hydrogens (primary N) is 1. The highest BCUT2D eigenvalue weighted by Crippen LogP contribution is 2.27. The molecule has 3 aliphatic rings. The number of piperidine rings is 2. The molecular weight excluding hydrogens is 340 g/mol. The Morgan fingerprint density at radius 3 is 2.85 bits per heavy atom. The normalized spacial score (nSPS) is 25.7. The van der Waals surface area contributed by atoms with Crippen LogP contribution in [-0.4, -0.2) is 58.5 Å². The Morgan fingerprint density at radius 1 is 1.19 bits per heavy atom. The molecule has 27 heavy (non-hydrogen) atoms. The molecule has 0 aromatic heterocycles. The third-order valence-electron chi connectivity index (χ3n) is 5.66. The van der Waals surface area contributed by atoms with Gasteiger partial charge in [-0.2, -0.15) is 5.26 Å². The molecule has 4 rings (SSSR count). The summed E-state index contributed by atoms with van der Waals surface area (Å²) in [6.07, 6.45) is 4.97. The number of fused-ring (bicyclic) bond motifs is 1. The van der Waals surface area contributed by atoms with Gasteiger partial charge in [-0.15, -0.1) is 0 Å². The second-order valence-electron chi connectivity index (χ2n) is 7.58. The lowest BCUT2D eigenvalue weighted by atomic mass is 10.1. The van der Waals surface area contributed by atoms with E-state index >= 15 is 0 Å². The van der Waals surface area contributed by atoms with Gasteiger partial charge in [0.25, 0.3) is 0 Å². The van der Waals surface area contributed by atoms with Crippen molar-refractivity contribution in [1.82, 2.24) is 14.7 Å². The number of carbonyl (C=O) groups excluding carboxylic acids is 1. The predicted molar refractivity (Wildman–Crippen MR) is 103 cm³/mol. The molecule has 0 aliphatic carbocycles. The van der Waals surface area contributed by atoms with Gasteiger partial charge in [0.05, 0.1) is 18.2 Å². The molecule has 7 heteroatoms. The number of likely N-dealkylation sites (tertiary alicyclic amines) is 1. The zero-order valence-electron chi connectivity index (χ0n) is 15.5. The van der Waals surface area contributed by atoms with Crippen LogP contribution in [0.5, 0.6) is 0 Å². The van der Waals surface area contributed by atoms with E-state index in [4.69, 9.17) is 10.7 Å². The minimum absolute atomic E-state index is 0.00316. The fraction of sp³-hybridized carbons (Fsp3) is 0.550. The highest BCUT2D eigenvalue weighted by Gasteiger charge is 2.39. The lowest BCUT2D eigenvalue weighted by Crippen LogP contribution is -2.61. The van der Waals surface area contributed by atoms with Gasteiger partial charge in [0.1, 0.15) is 6.17 Å². The largest absolute Gasteiger partial charge is 0.341 e. The molecule has 7 nitrogen and oxygen atoms in total. The van der Waals surface area contributed by atoms with Crippen LogP contribution in [0.3, 0.4) is 0 Å². The minimum atomic E-state index is -0.0677.